The Morgan fingerprint density at radius 1 is 1.56 bits per heavy atom. The van der Waals surface area contributed by atoms with Crippen molar-refractivity contribution in [2.75, 3.05) is 0 Å². The summed E-state index contributed by atoms with van der Waals surface area (Å²) in [5.41, 5.74) is -0.564. The molecule has 2 aromatic rings. The normalized spacial score (nSPS) is 10.1. The molecule has 90 valence electrons. The molecular weight excluding hydrogens is 239 g/mol. The van der Waals surface area contributed by atoms with Crippen molar-refractivity contribution in [1.29, 1.82) is 5.26 Å². The van der Waals surface area contributed by atoms with Crippen LogP contribution in [0.25, 0.3) is 11.3 Å². The molecule has 0 saturated heterocycles. The Morgan fingerprint density at radius 3 is 2.89 bits per heavy atom. The fourth-order valence-electron chi connectivity index (χ4n) is 1.65. The highest BCUT2D eigenvalue weighted by Gasteiger charge is 2.25. The second-order valence-corrected chi connectivity index (χ2v) is 3.54. The smallest absolute Gasteiger partial charge is 0.341 e. The van der Waals surface area contributed by atoms with Crippen LogP contribution in [0.1, 0.15) is 21.7 Å². The summed E-state index contributed by atoms with van der Waals surface area (Å²) in [6, 6.07) is 5.68. The Kier molecular flexibility index (Phi) is 2.81. The van der Waals surface area contributed by atoms with Crippen molar-refractivity contribution in [3.63, 3.8) is 0 Å². The first-order valence-corrected chi connectivity index (χ1v) is 4.94. The van der Waals surface area contributed by atoms with Crippen LogP contribution in [0.4, 0.5) is 4.39 Å². The van der Waals surface area contributed by atoms with Gasteiger partial charge in [0.15, 0.2) is 0 Å². The Bertz CT molecular complexity index is 670. The van der Waals surface area contributed by atoms with Crippen molar-refractivity contribution in [3.05, 3.63) is 40.9 Å². The maximum absolute atomic E-state index is 13.7. The first kappa shape index (κ1) is 11.8. The molecule has 2 rings (SSSR count). The molecule has 0 radical (unpaired) electrons. The number of aryl methyl sites for hydroxylation is 1. The fourth-order valence-corrected chi connectivity index (χ4v) is 1.65. The minimum Gasteiger partial charge on any atom is -0.477 e. The second kappa shape index (κ2) is 4.30. The van der Waals surface area contributed by atoms with Gasteiger partial charge in [0.25, 0.3) is 0 Å². The number of rotatable bonds is 2. The van der Waals surface area contributed by atoms with E-state index >= 15 is 0 Å². The highest BCUT2D eigenvalue weighted by atomic mass is 19.1. The van der Waals surface area contributed by atoms with E-state index in [-0.39, 0.29) is 28.1 Å². The molecule has 5 nitrogen and oxygen atoms in total. The van der Waals surface area contributed by atoms with Gasteiger partial charge >= 0.3 is 5.97 Å². The predicted octanol–water partition coefficient (Wildman–Crippen LogP) is 2.36. The van der Waals surface area contributed by atoms with Gasteiger partial charge in [-0.25, -0.2) is 9.18 Å². The molecular formula is C12H7FN2O3. The van der Waals surface area contributed by atoms with Crippen molar-refractivity contribution < 1.29 is 18.8 Å². The number of carboxylic acid groups (broad SMARTS) is 1. The zero-order chi connectivity index (χ0) is 13.3. The predicted molar refractivity (Wildman–Crippen MR) is 58.3 cm³/mol. The third-order valence-electron chi connectivity index (χ3n) is 2.45. The van der Waals surface area contributed by atoms with Crippen molar-refractivity contribution in [1.82, 2.24) is 5.16 Å². The topological polar surface area (TPSA) is 87.1 Å². The van der Waals surface area contributed by atoms with Crippen LogP contribution in [0.5, 0.6) is 0 Å². The van der Waals surface area contributed by atoms with E-state index in [1.54, 1.807) is 6.07 Å². The maximum Gasteiger partial charge on any atom is 0.341 e. The van der Waals surface area contributed by atoms with Gasteiger partial charge < -0.3 is 9.63 Å². The molecule has 0 spiro atoms. The molecule has 1 aromatic heterocycles. The molecule has 18 heavy (non-hydrogen) atoms. The van der Waals surface area contributed by atoms with E-state index in [2.05, 4.69) is 5.16 Å². The van der Waals surface area contributed by atoms with Gasteiger partial charge in [0.2, 0.25) is 0 Å². The molecule has 0 atom stereocenters. The Hall–Kier alpha value is -2.68. The molecule has 0 aliphatic rings. The van der Waals surface area contributed by atoms with E-state index < -0.39 is 11.8 Å². The number of benzene rings is 1. The lowest BCUT2D eigenvalue weighted by Crippen LogP contribution is -2.01. The van der Waals surface area contributed by atoms with Crippen molar-refractivity contribution in [2.45, 2.75) is 6.92 Å². The lowest BCUT2D eigenvalue weighted by molar-refractivity contribution is 0.0696. The number of carbonyl (C=O) groups is 1. The van der Waals surface area contributed by atoms with E-state index in [0.717, 1.165) is 6.07 Å². The van der Waals surface area contributed by atoms with Crippen molar-refractivity contribution in [3.8, 4) is 17.3 Å². The third kappa shape index (κ3) is 1.72. The molecule has 1 aromatic carbocycles. The molecule has 0 saturated carbocycles. The number of aromatic nitrogens is 1. The van der Waals surface area contributed by atoms with Crippen LogP contribution < -0.4 is 0 Å². The summed E-state index contributed by atoms with van der Waals surface area (Å²) in [5.74, 6) is -1.94. The molecule has 0 bridgehead atoms. The summed E-state index contributed by atoms with van der Waals surface area (Å²) in [4.78, 5) is 11.1. The molecule has 0 unspecified atom stereocenters. The number of nitriles is 1. The van der Waals surface area contributed by atoms with Crippen LogP contribution in [0.15, 0.2) is 22.7 Å². The van der Waals surface area contributed by atoms with Crippen molar-refractivity contribution >= 4 is 5.97 Å². The zero-order valence-electron chi connectivity index (χ0n) is 9.27. The molecule has 1 heterocycles. The van der Waals surface area contributed by atoms with Crippen molar-refractivity contribution in [2.24, 2.45) is 0 Å². The lowest BCUT2D eigenvalue weighted by Gasteiger charge is -2.02. The quantitative estimate of drug-likeness (QED) is 0.878. The van der Waals surface area contributed by atoms with Crippen LogP contribution in [-0.2, 0) is 0 Å². The van der Waals surface area contributed by atoms with Gasteiger partial charge in [0.1, 0.15) is 22.8 Å². The average molecular weight is 246 g/mol. The van der Waals surface area contributed by atoms with E-state index in [9.17, 15) is 9.18 Å². The Labute approximate surface area is 101 Å². The third-order valence-corrected chi connectivity index (χ3v) is 2.45. The van der Waals surface area contributed by atoms with E-state index in [0.29, 0.717) is 0 Å². The summed E-state index contributed by atoms with van der Waals surface area (Å²) < 4.78 is 18.5. The van der Waals surface area contributed by atoms with E-state index in [4.69, 9.17) is 14.9 Å². The Balaban J connectivity index is 2.79. The van der Waals surface area contributed by atoms with Gasteiger partial charge in [-0.3, -0.25) is 0 Å². The number of nitrogens with zero attached hydrogens (tertiary/aromatic N) is 2. The zero-order valence-corrected chi connectivity index (χ0v) is 9.27. The van der Waals surface area contributed by atoms with Gasteiger partial charge in [0.05, 0.1) is 17.2 Å². The summed E-state index contributed by atoms with van der Waals surface area (Å²) in [6.07, 6.45) is 0. The molecule has 0 amide bonds. The van der Waals surface area contributed by atoms with Crippen LogP contribution in [0, 0.1) is 24.1 Å². The first-order chi connectivity index (χ1) is 8.56. The molecule has 0 aliphatic heterocycles. The first-order valence-electron chi connectivity index (χ1n) is 4.94. The highest BCUT2D eigenvalue weighted by molar-refractivity contribution is 5.96. The fraction of sp³-hybridized carbons (Fsp3) is 0.0833. The Morgan fingerprint density at radius 2 is 2.28 bits per heavy atom. The summed E-state index contributed by atoms with van der Waals surface area (Å²) in [5, 5.41) is 21.5. The van der Waals surface area contributed by atoms with E-state index in [1.807, 2.05) is 0 Å². The minimum atomic E-state index is -1.28. The van der Waals surface area contributed by atoms with Crippen LogP contribution in [-0.4, -0.2) is 16.2 Å². The number of hydrogen-bond acceptors (Lipinski definition) is 4. The SMILES string of the molecule is Cc1onc(-c2c(F)cccc2C#N)c1C(=O)O. The van der Waals surface area contributed by atoms with Gasteiger partial charge in [-0.1, -0.05) is 11.2 Å². The van der Waals surface area contributed by atoms with Gasteiger partial charge in [-0.05, 0) is 19.1 Å². The second-order valence-electron chi connectivity index (χ2n) is 3.54. The summed E-state index contributed by atoms with van der Waals surface area (Å²) in [7, 11) is 0. The molecule has 0 aliphatic carbocycles. The van der Waals surface area contributed by atoms with Gasteiger partial charge in [-0.15, -0.1) is 0 Å². The van der Waals surface area contributed by atoms with Gasteiger partial charge in [0, 0.05) is 0 Å². The van der Waals surface area contributed by atoms with Crippen LogP contribution >= 0.6 is 0 Å². The molecule has 6 heteroatoms. The largest absolute Gasteiger partial charge is 0.477 e. The summed E-state index contributed by atoms with van der Waals surface area (Å²) in [6.45, 7) is 1.41. The number of halogens is 1. The lowest BCUT2D eigenvalue weighted by atomic mass is 10.0. The number of carboxylic acids is 1. The molecule has 0 fully saturated rings. The monoisotopic (exact) mass is 246 g/mol. The number of aromatic carboxylic acids is 1. The standard InChI is InChI=1S/C12H7FN2O3/c1-6-9(12(16)17)11(15-18-6)10-7(5-14)3-2-4-8(10)13/h2-4H,1H3,(H,16,17). The summed E-state index contributed by atoms with van der Waals surface area (Å²) >= 11 is 0. The highest BCUT2D eigenvalue weighted by Crippen LogP contribution is 2.30. The molecule has 1 N–H and O–H groups in total. The minimum absolute atomic E-state index is 0.00537. The number of hydrogen-bond donors (Lipinski definition) is 1. The van der Waals surface area contributed by atoms with Crippen LogP contribution in [0.2, 0.25) is 0 Å². The average Bonchev–Trinajstić information content (AvgIpc) is 2.70. The maximum atomic E-state index is 13.7. The van der Waals surface area contributed by atoms with E-state index in [1.165, 1.54) is 19.1 Å². The van der Waals surface area contributed by atoms with Crippen LogP contribution in [0.3, 0.4) is 0 Å². The van der Waals surface area contributed by atoms with Gasteiger partial charge in [-0.2, -0.15) is 5.26 Å².